The molecule has 0 aromatic carbocycles. The average molecular weight is 390 g/mol. The topological polar surface area (TPSA) is 133 Å². The zero-order valence-electron chi connectivity index (χ0n) is 14.5. The first-order valence-electron chi connectivity index (χ1n) is 8.50. The summed E-state index contributed by atoms with van der Waals surface area (Å²) in [4.78, 5) is 30.3. The highest BCUT2D eigenvalue weighted by molar-refractivity contribution is 7.15. The summed E-state index contributed by atoms with van der Waals surface area (Å²) in [5, 5.41) is 11.8. The highest BCUT2D eigenvalue weighted by Gasteiger charge is 2.34. The molecule has 2 aromatic rings. The van der Waals surface area contributed by atoms with Crippen molar-refractivity contribution in [1.29, 1.82) is 0 Å². The highest BCUT2D eigenvalue weighted by Crippen LogP contribution is 2.34. The van der Waals surface area contributed by atoms with Gasteiger partial charge in [-0.25, -0.2) is 4.98 Å². The zero-order valence-corrected chi connectivity index (χ0v) is 15.4. The first-order valence-corrected chi connectivity index (χ1v) is 9.32. The van der Waals surface area contributed by atoms with E-state index >= 15 is 0 Å². The largest absolute Gasteiger partial charge is 0.477 e. The summed E-state index contributed by atoms with van der Waals surface area (Å²) in [6.07, 6.45) is 1.10. The van der Waals surface area contributed by atoms with Gasteiger partial charge in [0.05, 0.1) is 0 Å². The molecule has 27 heavy (non-hydrogen) atoms. The molecule has 2 aliphatic heterocycles. The summed E-state index contributed by atoms with van der Waals surface area (Å²) in [6, 6.07) is 3.21. The standard InChI is InChI=1S/C16H18N6O4S/c1-8-15(24)22(13-9(26-8)4-5-11(17)18-13)7-12(23)19-16-21-20-14(27-16)10-3-2-6-25-10/h4-5,8,10H,2-3,6-7H2,1H3,(H2,17,18)(H,19,21,23). The van der Waals surface area contributed by atoms with Gasteiger partial charge in [-0.2, -0.15) is 0 Å². The number of ether oxygens (including phenoxy) is 2. The van der Waals surface area contributed by atoms with Crippen molar-refractivity contribution in [3.05, 3.63) is 17.1 Å². The Morgan fingerprint density at radius 1 is 1.44 bits per heavy atom. The second kappa shape index (κ2) is 7.08. The molecule has 0 spiro atoms. The Bertz CT molecular complexity index is 882. The van der Waals surface area contributed by atoms with Gasteiger partial charge in [-0.15, -0.1) is 10.2 Å². The van der Waals surface area contributed by atoms with Gasteiger partial charge in [0.1, 0.15) is 23.5 Å². The van der Waals surface area contributed by atoms with E-state index in [2.05, 4.69) is 20.5 Å². The van der Waals surface area contributed by atoms with Crippen LogP contribution in [0.5, 0.6) is 5.75 Å². The third-order valence-corrected chi connectivity index (χ3v) is 5.16. The SMILES string of the molecule is CC1Oc2ccc(N)nc2N(CC(=O)Nc2nnc(C3CCCO3)s2)C1=O. The van der Waals surface area contributed by atoms with Crippen molar-refractivity contribution < 1.29 is 19.1 Å². The average Bonchev–Trinajstić information content (AvgIpc) is 3.31. The van der Waals surface area contributed by atoms with Gasteiger partial charge in [0.2, 0.25) is 11.0 Å². The number of aromatic nitrogens is 3. The second-order valence-corrected chi connectivity index (χ2v) is 7.25. The quantitative estimate of drug-likeness (QED) is 0.793. The number of nitrogens with two attached hydrogens (primary N) is 1. The number of anilines is 3. The minimum Gasteiger partial charge on any atom is -0.477 e. The number of hydrogen-bond donors (Lipinski definition) is 2. The van der Waals surface area contributed by atoms with Crippen molar-refractivity contribution >= 4 is 39.9 Å². The Morgan fingerprint density at radius 3 is 3.07 bits per heavy atom. The van der Waals surface area contributed by atoms with E-state index in [1.807, 2.05) is 0 Å². The number of nitrogens with one attached hydrogen (secondary N) is 1. The van der Waals surface area contributed by atoms with Gasteiger partial charge < -0.3 is 15.2 Å². The van der Waals surface area contributed by atoms with Crippen LogP contribution in [0.3, 0.4) is 0 Å². The first-order chi connectivity index (χ1) is 13.0. The predicted octanol–water partition coefficient (Wildman–Crippen LogP) is 1.12. The molecule has 3 N–H and O–H groups in total. The van der Waals surface area contributed by atoms with Crippen LogP contribution in [-0.2, 0) is 14.3 Å². The number of carbonyl (C=O) groups excluding carboxylic acids is 2. The van der Waals surface area contributed by atoms with Crippen LogP contribution in [0, 0.1) is 0 Å². The normalized spacial score (nSPS) is 21.7. The molecule has 2 aliphatic rings. The molecule has 0 saturated carbocycles. The van der Waals surface area contributed by atoms with Crippen LogP contribution in [0.2, 0.25) is 0 Å². The number of fused-ring (bicyclic) bond motifs is 1. The molecule has 142 valence electrons. The van der Waals surface area contributed by atoms with Crippen LogP contribution in [0.25, 0.3) is 0 Å². The van der Waals surface area contributed by atoms with E-state index in [-0.39, 0.29) is 30.2 Å². The fraction of sp³-hybridized carbons (Fsp3) is 0.438. The molecule has 10 nitrogen and oxygen atoms in total. The molecule has 4 heterocycles. The van der Waals surface area contributed by atoms with Crippen molar-refractivity contribution in [1.82, 2.24) is 15.2 Å². The molecule has 2 amide bonds. The molecule has 4 rings (SSSR count). The van der Waals surface area contributed by atoms with Crippen LogP contribution in [0.15, 0.2) is 12.1 Å². The fourth-order valence-corrected chi connectivity index (χ4v) is 3.79. The smallest absolute Gasteiger partial charge is 0.269 e. The third-order valence-electron chi connectivity index (χ3n) is 4.23. The summed E-state index contributed by atoms with van der Waals surface area (Å²) in [7, 11) is 0. The van der Waals surface area contributed by atoms with Crippen molar-refractivity contribution in [2.45, 2.75) is 32.0 Å². The maximum absolute atomic E-state index is 12.5. The molecular formula is C16H18N6O4S. The van der Waals surface area contributed by atoms with Crippen molar-refractivity contribution in [2.24, 2.45) is 0 Å². The number of nitrogens with zero attached hydrogens (tertiary/aromatic N) is 4. The molecule has 0 aliphatic carbocycles. The molecule has 2 aromatic heterocycles. The van der Waals surface area contributed by atoms with Gasteiger partial charge in [0.15, 0.2) is 17.7 Å². The van der Waals surface area contributed by atoms with Crippen LogP contribution in [0.1, 0.15) is 30.9 Å². The van der Waals surface area contributed by atoms with Crippen LogP contribution in [0.4, 0.5) is 16.8 Å². The van der Waals surface area contributed by atoms with E-state index in [0.717, 1.165) is 17.8 Å². The van der Waals surface area contributed by atoms with E-state index in [9.17, 15) is 9.59 Å². The number of hydrogen-bond acceptors (Lipinski definition) is 9. The Balaban J connectivity index is 1.47. The number of nitrogen functional groups attached to an aromatic ring is 1. The lowest BCUT2D eigenvalue weighted by Crippen LogP contribution is -2.48. The Hall–Kier alpha value is -2.79. The maximum atomic E-state index is 12.5. The number of pyridine rings is 1. The number of amides is 2. The van der Waals surface area contributed by atoms with E-state index in [0.29, 0.717) is 17.5 Å². The lowest BCUT2D eigenvalue weighted by Gasteiger charge is -2.31. The van der Waals surface area contributed by atoms with Crippen LogP contribution in [-0.4, -0.2) is 46.3 Å². The van der Waals surface area contributed by atoms with Gasteiger partial charge >= 0.3 is 0 Å². The Morgan fingerprint density at radius 2 is 2.30 bits per heavy atom. The van der Waals surface area contributed by atoms with Crippen molar-refractivity contribution in [3.63, 3.8) is 0 Å². The summed E-state index contributed by atoms with van der Waals surface area (Å²) < 4.78 is 11.1. The molecule has 11 heteroatoms. The summed E-state index contributed by atoms with van der Waals surface area (Å²) >= 11 is 1.27. The summed E-state index contributed by atoms with van der Waals surface area (Å²) in [5.74, 6) is 0.0809. The summed E-state index contributed by atoms with van der Waals surface area (Å²) in [6.45, 7) is 2.09. The fourth-order valence-electron chi connectivity index (χ4n) is 2.94. The van der Waals surface area contributed by atoms with Gasteiger partial charge in [-0.1, -0.05) is 11.3 Å². The van der Waals surface area contributed by atoms with Crippen molar-refractivity contribution in [2.75, 3.05) is 29.1 Å². The summed E-state index contributed by atoms with van der Waals surface area (Å²) in [5.41, 5.74) is 5.71. The van der Waals surface area contributed by atoms with Crippen molar-refractivity contribution in [3.8, 4) is 5.75 Å². The van der Waals surface area contributed by atoms with Gasteiger partial charge in [-0.05, 0) is 31.9 Å². The van der Waals surface area contributed by atoms with E-state index in [1.54, 1.807) is 19.1 Å². The zero-order chi connectivity index (χ0) is 19.0. The molecule has 0 radical (unpaired) electrons. The second-order valence-electron chi connectivity index (χ2n) is 6.24. The van der Waals surface area contributed by atoms with E-state index in [4.69, 9.17) is 15.2 Å². The minimum absolute atomic E-state index is 0.0612. The number of carbonyl (C=O) groups is 2. The van der Waals surface area contributed by atoms with Gasteiger partial charge in [0.25, 0.3) is 5.91 Å². The molecule has 2 atom stereocenters. The van der Waals surface area contributed by atoms with E-state index < -0.39 is 12.0 Å². The monoisotopic (exact) mass is 390 g/mol. The van der Waals surface area contributed by atoms with Gasteiger partial charge in [-0.3, -0.25) is 19.8 Å². The molecule has 2 unspecified atom stereocenters. The Kier molecular flexibility index (Phi) is 4.62. The van der Waals surface area contributed by atoms with Crippen LogP contribution < -0.4 is 20.7 Å². The Labute approximate surface area is 158 Å². The van der Waals surface area contributed by atoms with Crippen LogP contribution >= 0.6 is 11.3 Å². The van der Waals surface area contributed by atoms with E-state index in [1.165, 1.54) is 16.2 Å². The molecule has 0 bridgehead atoms. The molecule has 1 fully saturated rings. The predicted molar refractivity (Wildman–Crippen MR) is 97.6 cm³/mol. The van der Waals surface area contributed by atoms with Gasteiger partial charge in [0, 0.05) is 6.61 Å². The lowest BCUT2D eigenvalue weighted by molar-refractivity contribution is -0.127. The lowest BCUT2D eigenvalue weighted by atomic mass is 10.2. The minimum atomic E-state index is -0.719. The third kappa shape index (κ3) is 3.55. The molecular weight excluding hydrogens is 372 g/mol. The molecule has 1 saturated heterocycles. The first kappa shape index (κ1) is 17.6. The number of rotatable bonds is 4. The highest BCUT2D eigenvalue weighted by atomic mass is 32.1. The maximum Gasteiger partial charge on any atom is 0.269 e.